The maximum atomic E-state index is 13.5. The monoisotopic (exact) mass is 575 g/mol. The van der Waals surface area contributed by atoms with Crippen LogP contribution in [0.4, 0.5) is 0 Å². The van der Waals surface area contributed by atoms with Crippen LogP contribution < -0.4 is 0 Å². The molecule has 0 radical (unpaired) electrons. The van der Waals surface area contributed by atoms with Gasteiger partial charge >= 0.3 is 0 Å². The standard InChI is InChI=1S/C42H25NO2/c44-41-34-13-1-2-14-35(34)42(45)37-25-28(21-24-36(37)41)31-16-8-10-27-9-7-15-30(40(27)31)26-19-22-29(23-20-26)43-38-17-5-3-11-32(38)33-12-4-6-18-39(33)43/h1-25H. The van der Waals surface area contributed by atoms with Gasteiger partial charge in [0, 0.05) is 38.7 Å². The van der Waals surface area contributed by atoms with Crippen molar-refractivity contribution in [2.24, 2.45) is 0 Å². The van der Waals surface area contributed by atoms with Crippen molar-refractivity contribution in [1.29, 1.82) is 0 Å². The SMILES string of the molecule is O=C1c2ccccc2C(=O)c2cc(-c3cccc4cccc(-c5ccc(-n6c7ccccc7c7ccccc76)cc5)c34)ccc21. The second kappa shape index (κ2) is 9.73. The van der Waals surface area contributed by atoms with Gasteiger partial charge in [-0.25, -0.2) is 0 Å². The van der Waals surface area contributed by atoms with E-state index in [9.17, 15) is 9.59 Å². The summed E-state index contributed by atoms with van der Waals surface area (Å²) in [7, 11) is 0. The number of carbonyl (C=O) groups excluding carboxylic acids is 2. The lowest BCUT2D eigenvalue weighted by molar-refractivity contribution is 0.0979. The van der Waals surface area contributed by atoms with Gasteiger partial charge in [-0.15, -0.1) is 0 Å². The molecule has 0 bridgehead atoms. The van der Waals surface area contributed by atoms with Crippen molar-refractivity contribution >= 4 is 44.1 Å². The predicted molar refractivity (Wildman–Crippen MR) is 182 cm³/mol. The molecule has 0 saturated carbocycles. The van der Waals surface area contributed by atoms with Gasteiger partial charge in [-0.3, -0.25) is 9.59 Å². The summed E-state index contributed by atoms with van der Waals surface area (Å²) < 4.78 is 2.33. The van der Waals surface area contributed by atoms with Gasteiger partial charge < -0.3 is 4.57 Å². The van der Waals surface area contributed by atoms with E-state index in [-0.39, 0.29) is 11.6 Å². The van der Waals surface area contributed by atoms with E-state index in [1.165, 1.54) is 21.8 Å². The lowest BCUT2D eigenvalue weighted by Crippen LogP contribution is -2.20. The molecule has 0 spiro atoms. The van der Waals surface area contributed by atoms with Crippen LogP contribution in [0.15, 0.2) is 152 Å². The second-order valence-corrected chi connectivity index (χ2v) is 11.6. The first kappa shape index (κ1) is 25.4. The number of fused-ring (bicyclic) bond motifs is 6. The average Bonchev–Trinajstić information content (AvgIpc) is 3.44. The highest BCUT2D eigenvalue weighted by Crippen LogP contribution is 2.39. The van der Waals surface area contributed by atoms with E-state index >= 15 is 0 Å². The highest BCUT2D eigenvalue weighted by atomic mass is 16.1. The third-order valence-electron chi connectivity index (χ3n) is 9.16. The maximum absolute atomic E-state index is 13.5. The summed E-state index contributed by atoms with van der Waals surface area (Å²) in [6.07, 6.45) is 0. The number of hydrogen-bond acceptors (Lipinski definition) is 2. The van der Waals surface area contributed by atoms with Gasteiger partial charge in [0.05, 0.1) is 11.0 Å². The van der Waals surface area contributed by atoms with Gasteiger partial charge in [0.2, 0.25) is 0 Å². The van der Waals surface area contributed by atoms with Crippen molar-refractivity contribution in [3.05, 3.63) is 174 Å². The minimum absolute atomic E-state index is 0.103. The number of nitrogens with zero attached hydrogens (tertiary/aromatic N) is 1. The van der Waals surface area contributed by atoms with Gasteiger partial charge in [0.15, 0.2) is 11.6 Å². The lowest BCUT2D eigenvalue weighted by atomic mass is 9.82. The molecule has 0 amide bonds. The Labute approximate surface area is 259 Å². The summed E-state index contributed by atoms with van der Waals surface area (Å²) in [6, 6.07) is 51.2. The summed E-state index contributed by atoms with van der Waals surface area (Å²) in [6.45, 7) is 0. The average molecular weight is 576 g/mol. The Balaban J connectivity index is 1.18. The number of aromatic nitrogens is 1. The Kier molecular flexibility index (Phi) is 5.50. The van der Waals surface area contributed by atoms with Gasteiger partial charge in [-0.2, -0.15) is 0 Å². The molecule has 0 fully saturated rings. The molecule has 1 aliphatic rings. The molecule has 1 heterocycles. The van der Waals surface area contributed by atoms with Crippen LogP contribution >= 0.6 is 0 Å². The van der Waals surface area contributed by atoms with Crippen LogP contribution in [0.2, 0.25) is 0 Å². The zero-order valence-electron chi connectivity index (χ0n) is 24.2. The van der Waals surface area contributed by atoms with Crippen LogP contribution in [0.3, 0.4) is 0 Å². The minimum Gasteiger partial charge on any atom is -0.309 e. The van der Waals surface area contributed by atoms with Crippen molar-refractivity contribution in [3.63, 3.8) is 0 Å². The number of hydrogen-bond donors (Lipinski definition) is 0. The van der Waals surface area contributed by atoms with Gasteiger partial charge in [0.25, 0.3) is 0 Å². The predicted octanol–water partition coefficient (Wildman–Crippen LogP) is 10.0. The molecule has 8 aromatic rings. The summed E-state index contributed by atoms with van der Waals surface area (Å²) in [5, 5.41) is 4.70. The van der Waals surface area contributed by atoms with Crippen molar-refractivity contribution in [3.8, 4) is 27.9 Å². The fourth-order valence-electron chi connectivity index (χ4n) is 7.08. The molecule has 0 aliphatic heterocycles. The van der Waals surface area contributed by atoms with Crippen LogP contribution in [0, 0.1) is 0 Å². The molecule has 3 nitrogen and oxygen atoms in total. The molecule has 0 N–H and O–H groups in total. The molecule has 7 aromatic carbocycles. The molecule has 1 aliphatic carbocycles. The molecule has 0 saturated heterocycles. The molecule has 1 aromatic heterocycles. The van der Waals surface area contributed by atoms with Crippen molar-refractivity contribution in [2.75, 3.05) is 0 Å². The van der Waals surface area contributed by atoms with Crippen molar-refractivity contribution in [2.45, 2.75) is 0 Å². The summed E-state index contributed by atoms with van der Waals surface area (Å²) in [5.41, 5.74) is 9.49. The van der Waals surface area contributed by atoms with Gasteiger partial charge in [-0.1, -0.05) is 115 Å². The molecule has 9 rings (SSSR count). The van der Waals surface area contributed by atoms with Crippen LogP contribution in [0.25, 0.3) is 60.5 Å². The third kappa shape index (κ3) is 3.77. The molecule has 210 valence electrons. The van der Waals surface area contributed by atoms with Crippen LogP contribution in [-0.2, 0) is 0 Å². The Hall–Kier alpha value is -6.06. The largest absolute Gasteiger partial charge is 0.309 e. The maximum Gasteiger partial charge on any atom is 0.194 e. The topological polar surface area (TPSA) is 39.1 Å². The summed E-state index contributed by atoms with van der Waals surface area (Å²) in [5.74, 6) is -0.211. The molecular formula is C42H25NO2. The zero-order valence-corrected chi connectivity index (χ0v) is 24.2. The first-order chi connectivity index (χ1) is 22.2. The van der Waals surface area contributed by atoms with E-state index in [4.69, 9.17) is 0 Å². The Morgan fingerprint density at radius 1 is 0.378 bits per heavy atom. The highest BCUT2D eigenvalue weighted by molar-refractivity contribution is 6.28. The molecule has 3 heteroatoms. The van der Waals surface area contributed by atoms with E-state index in [2.05, 4.69) is 114 Å². The van der Waals surface area contributed by atoms with Crippen LogP contribution in [-0.4, -0.2) is 16.1 Å². The smallest absolute Gasteiger partial charge is 0.194 e. The number of carbonyl (C=O) groups is 2. The van der Waals surface area contributed by atoms with E-state index in [0.29, 0.717) is 22.3 Å². The van der Waals surface area contributed by atoms with E-state index < -0.39 is 0 Å². The van der Waals surface area contributed by atoms with E-state index in [0.717, 1.165) is 38.7 Å². The normalized spacial score (nSPS) is 12.5. The van der Waals surface area contributed by atoms with Crippen molar-refractivity contribution < 1.29 is 9.59 Å². The lowest BCUT2D eigenvalue weighted by Gasteiger charge is -2.19. The zero-order chi connectivity index (χ0) is 30.1. The first-order valence-electron chi connectivity index (χ1n) is 15.1. The minimum atomic E-state index is -0.108. The van der Waals surface area contributed by atoms with Crippen LogP contribution in [0.5, 0.6) is 0 Å². The van der Waals surface area contributed by atoms with E-state index in [1.54, 1.807) is 18.2 Å². The summed E-state index contributed by atoms with van der Waals surface area (Å²) >= 11 is 0. The fraction of sp³-hybridized carbons (Fsp3) is 0. The number of ketones is 2. The molecule has 0 atom stereocenters. The first-order valence-corrected chi connectivity index (χ1v) is 15.1. The Bertz CT molecular complexity index is 2460. The number of rotatable bonds is 3. The number of para-hydroxylation sites is 2. The van der Waals surface area contributed by atoms with Crippen molar-refractivity contribution in [1.82, 2.24) is 4.57 Å². The van der Waals surface area contributed by atoms with Gasteiger partial charge in [0.1, 0.15) is 0 Å². The van der Waals surface area contributed by atoms with Crippen LogP contribution in [0.1, 0.15) is 31.8 Å². The van der Waals surface area contributed by atoms with E-state index in [1.807, 2.05) is 24.3 Å². The quantitative estimate of drug-likeness (QED) is 0.210. The highest BCUT2D eigenvalue weighted by Gasteiger charge is 2.29. The third-order valence-corrected chi connectivity index (χ3v) is 9.16. The fourth-order valence-corrected chi connectivity index (χ4v) is 7.08. The second-order valence-electron chi connectivity index (χ2n) is 11.6. The summed E-state index contributed by atoms with van der Waals surface area (Å²) in [4.78, 5) is 26.8. The Morgan fingerprint density at radius 2 is 0.867 bits per heavy atom. The molecule has 45 heavy (non-hydrogen) atoms. The Morgan fingerprint density at radius 3 is 1.51 bits per heavy atom. The molecular weight excluding hydrogens is 550 g/mol. The number of benzene rings is 7. The molecule has 0 unspecified atom stereocenters. The van der Waals surface area contributed by atoms with Gasteiger partial charge in [-0.05, 0) is 69.4 Å².